The average Bonchev–Trinajstić information content (AvgIpc) is 2.55. The first-order chi connectivity index (χ1) is 7.27. The van der Waals surface area contributed by atoms with E-state index in [1.807, 2.05) is 30.0 Å². The maximum absolute atomic E-state index is 11.7. The second kappa shape index (κ2) is 2.99. The number of nitrogens with zero attached hydrogens (tertiary/aromatic N) is 1. The number of para-hydroxylation sites is 1. The van der Waals surface area contributed by atoms with E-state index in [-0.39, 0.29) is 18.2 Å². The van der Waals surface area contributed by atoms with Gasteiger partial charge in [0.2, 0.25) is 0 Å². The fraction of sp³-hybridized carbons (Fsp3) is 0.417. The topological polar surface area (TPSA) is 29.5 Å². The van der Waals surface area contributed by atoms with Crippen LogP contribution in [0.25, 0.3) is 0 Å². The highest BCUT2D eigenvalue weighted by atomic mass is 16.6. The Bertz CT molecular complexity index is 416. The molecular formula is C12H13NO2. The summed E-state index contributed by atoms with van der Waals surface area (Å²) in [6.07, 6.45) is 1.87. The van der Waals surface area contributed by atoms with Gasteiger partial charge in [0.05, 0.1) is 11.7 Å². The molecule has 0 radical (unpaired) electrons. The summed E-state index contributed by atoms with van der Waals surface area (Å²) >= 11 is 0. The number of anilines is 1. The highest BCUT2D eigenvalue weighted by Gasteiger charge is 2.42. The van der Waals surface area contributed by atoms with Crippen LogP contribution in [0.3, 0.4) is 0 Å². The first kappa shape index (κ1) is 8.77. The molecule has 2 heterocycles. The summed E-state index contributed by atoms with van der Waals surface area (Å²) in [6, 6.07) is 8.30. The lowest BCUT2D eigenvalue weighted by atomic mass is 9.94. The molecule has 0 bridgehead atoms. The van der Waals surface area contributed by atoms with Gasteiger partial charge in [0.15, 0.2) is 0 Å². The molecule has 0 spiro atoms. The second-order valence-electron chi connectivity index (χ2n) is 4.19. The van der Waals surface area contributed by atoms with Gasteiger partial charge in [-0.05, 0) is 31.4 Å². The zero-order valence-electron chi connectivity index (χ0n) is 8.64. The van der Waals surface area contributed by atoms with Gasteiger partial charge >= 0.3 is 6.09 Å². The van der Waals surface area contributed by atoms with E-state index in [0.29, 0.717) is 0 Å². The van der Waals surface area contributed by atoms with Crippen LogP contribution in [-0.4, -0.2) is 18.2 Å². The van der Waals surface area contributed by atoms with Crippen LogP contribution in [0.2, 0.25) is 0 Å². The zero-order chi connectivity index (χ0) is 10.4. The maximum Gasteiger partial charge on any atom is 0.415 e. The molecule has 1 amide bonds. The van der Waals surface area contributed by atoms with Crippen molar-refractivity contribution >= 4 is 11.8 Å². The van der Waals surface area contributed by atoms with E-state index < -0.39 is 0 Å². The molecule has 15 heavy (non-hydrogen) atoms. The lowest BCUT2D eigenvalue weighted by molar-refractivity contribution is 0.140. The van der Waals surface area contributed by atoms with E-state index >= 15 is 0 Å². The minimum absolute atomic E-state index is 0.0193. The van der Waals surface area contributed by atoms with Crippen molar-refractivity contribution in [1.29, 1.82) is 0 Å². The van der Waals surface area contributed by atoms with Gasteiger partial charge in [0.25, 0.3) is 0 Å². The first-order valence-electron chi connectivity index (χ1n) is 5.35. The van der Waals surface area contributed by atoms with Crippen molar-refractivity contribution < 1.29 is 9.53 Å². The predicted molar refractivity (Wildman–Crippen MR) is 57.0 cm³/mol. The number of rotatable bonds is 0. The summed E-state index contributed by atoms with van der Waals surface area (Å²) in [4.78, 5) is 13.5. The van der Waals surface area contributed by atoms with Gasteiger partial charge in [-0.1, -0.05) is 18.2 Å². The molecule has 2 aliphatic rings. The van der Waals surface area contributed by atoms with Crippen molar-refractivity contribution in [3.05, 3.63) is 29.8 Å². The molecule has 0 N–H and O–H groups in total. The van der Waals surface area contributed by atoms with Crippen molar-refractivity contribution in [1.82, 2.24) is 0 Å². The van der Waals surface area contributed by atoms with Crippen molar-refractivity contribution in [2.24, 2.45) is 0 Å². The molecule has 1 saturated heterocycles. The van der Waals surface area contributed by atoms with Crippen LogP contribution in [0.4, 0.5) is 10.5 Å². The van der Waals surface area contributed by atoms with Gasteiger partial charge in [-0.15, -0.1) is 0 Å². The Hall–Kier alpha value is -1.51. The smallest absolute Gasteiger partial charge is 0.415 e. The molecule has 0 saturated carbocycles. The van der Waals surface area contributed by atoms with Crippen molar-refractivity contribution in [3.63, 3.8) is 0 Å². The first-order valence-corrected chi connectivity index (χ1v) is 5.35. The van der Waals surface area contributed by atoms with Gasteiger partial charge in [0.1, 0.15) is 6.10 Å². The van der Waals surface area contributed by atoms with E-state index in [1.54, 1.807) is 0 Å². The van der Waals surface area contributed by atoms with Crippen LogP contribution in [0.5, 0.6) is 0 Å². The number of aryl methyl sites for hydroxylation is 1. The number of hydrogen-bond acceptors (Lipinski definition) is 2. The Labute approximate surface area is 88.6 Å². The summed E-state index contributed by atoms with van der Waals surface area (Å²) in [5.74, 6) is 0. The molecule has 2 unspecified atom stereocenters. The number of ether oxygens (including phenoxy) is 1. The summed E-state index contributed by atoms with van der Waals surface area (Å²) in [6.45, 7) is 1.97. The molecule has 3 nitrogen and oxygen atoms in total. The molecule has 2 aliphatic heterocycles. The molecule has 3 rings (SSSR count). The number of hydrogen-bond donors (Lipinski definition) is 0. The number of carbonyl (C=O) groups is 1. The van der Waals surface area contributed by atoms with Gasteiger partial charge in [-0.25, -0.2) is 4.79 Å². The van der Waals surface area contributed by atoms with Gasteiger partial charge in [0, 0.05) is 0 Å². The maximum atomic E-state index is 11.7. The summed E-state index contributed by atoms with van der Waals surface area (Å²) in [7, 11) is 0. The number of fused-ring (bicyclic) bond motifs is 3. The Balaban J connectivity index is 2.09. The van der Waals surface area contributed by atoms with Crippen LogP contribution in [0, 0.1) is 0 Å². The Kier molecular flexibility index (Phi) is 1.75. The van der Waals surface area contributed by atoms with Gasteiger partial charge in [-0.3, -0.25) is 4.90 Å². The third-order valence-corrected chi connectivity index (χ3v) is 3.32. The minimum atomic E-state index is -0.195. The average molecular weight is 203 g/mol. The van der Waals surface area contributed by atoms with Gasteiger partial charge < -0.3 is 4.74 Å². The minimum Gasteiger partial charge on any atom is -0.444 e. The van der Waals surface area contributed by atoms with Gasteiger partial charge in [-0.2, -0.15) is 0 Å². The molecule has 2 atom stereocenters. The van der Waals surface area contributed by atoms with E-state index in [9.17, 15) is 4.79 Å². The second-order valence-corrected chi connectivity index (χ2v) is 4.19. The third-order valence-electron chi connectivity index (χ3n) is 3.32. The van der Waals surface area contributed by atoms with Crippen LogP contribution in [0.1, 0.15) is 18.9 Å². The monoisotopic (exact) mass is 203 g/mol. The fourth-order valence-corrected chi connectivity index (χ4v) is 2.54. The summed E-state index contributed by atoms with van der Waals surface area (Å²) in [5.41, 5.74) is 2.28. The molecular weight excluding hydrogens is 190 g/mol. The highest BCUT2D eigenvalue weighted by Crippen LogP contribution is 2.36. The SMILES string of the molecule is CC1OC(=O)N2c3ccccc3CCC12. The molecule has 0 aromatic heterocycles. The number of amides is 1. The van der Waals surface area contributed by atoms with E-state index in [1.165, 1.54) is 5.56 Å². The van der Waals surface area contributed by atoms with Crippen LogP contribution >= 0.6 is 0 Å². The lowest BCUT2D eigenvalue weighted by Crippen LogP contribution is -2.39. The number of cyclic esters (lactones) is 1. The van der Waals surface area contributed by atoms with Crippen LogP contribution < -0.4 is 4.90 Å². The Morgan fingerprint density at radius 3 is 3.07 bits per heavy atom. The quantitative estimate of drug-likeness (QED) is 0.647. The molecule has 0 aliphatic carbocycles. The van der Waals surface area contributed by atoms with Crippen molar-refractivity contribution in [2.45, 2.75) is 31.9 Å². The van der Waals surface area contributed by atoms with Crippen LogP contribution in [-0.2, 0) is 11.2 Å². The summed E-state index contributed by atoms with van der Waals surface area (Å²) < 4.78 is 5.25. The third kappa shape index (κ3) is 1.16. The van der Waals surface area contributed by atoms with E-state index in [0.717, 1.165) is 18.5 Å². The lowest BCUT2D eigenvalue weighted by Gasteiger charge is -2.30. The normalized spacial score (nSPS) is 28.3. The van der Waals surface area contributed by atoms with E-state index in [4.69, 9.17) is 4.74 Å². The molecule has 1 fully saturated rings. The van der Waals surface area contributed by atoms with Crippen molar-refractivity contribution in [2.75, 3.05) is 4.90 Å². The molecule has 1 aromatic carbocycles. The standard InChI is InChI=1S/C12H13NO2/c1-8-10-7-6-9-4-2-3-5-11(9)13(10)12(14)15-8/h2-5,8,10H,6-7H2,1H3. The number of carbonyl (C=O) groups excluding carboxylic acids is 1. The molecule has 78 valence electrons. The Morgan fingerprint density at radius 1 is 1.40 bits per heavy atom. The zero-order valence-corrected chi connectivity index (χ0v) is 8.64. The fourth-order valence-electron chi connectivity index (χ4n) is 2.54. The highest BCUT2D eigenvalue weighted by molar-refractivity contribution is 5.92. The largest absolute Gasteiger partial charge is 0.444 e. The molecule has 1 aromatic rings. The predicted octanol–water partition coefficient (Wildman–Crippen LogP) is 2.35. The van der Waals surface area contributed by atoms with Crippen LogP contribution in [0.15, 0.2) is 24.3 Å². The number of benzene rings is 1. The summed E-state index contributed by atoms with van der Waals surface area (Å²) in [5, 5.41) is 0. The van der Waals surface area contributed by atoms with Crippen molar-refractivity contribution in [3.8, 4) is 0 Å². The van der Waals surface area contributed by atoms with E-state index in [2.05, 4.69) is 6.07 Å². The molecule has 3 heteroatoms. The Morgan fingerprint density at radius 2 is 2.20 bits per heavy atom.